The maximum absolute atomic E-state index is 3.36. The quantitative estimate of drug-likeness (QED) is 0.805. The van der Waals surface area contributed by atoms with Crippen LogP contribution in [0.25, 0.3) is 0 Å². The van der Waals surface area contributed by atoms with E-state index < -0.39 is 0 Å². The molecule has 108 valence electrons. The van der Waals surface area contributed by atoms with Crippen molar-refractivity contribution in [3.05, 3.63) is 29.3 Å². The van der Waals surface area contributed by atoms with Crippen LogP contribution in [-0.2, 0) is 0 Å². The molecule has 0 bridgehead atoms. The SMILES string of the molecule is CCC(CC)(CNC)CN(C)c1ccc(C)cc1C. The fourth-order valence-electron chi connectivity index (χ4n) is 2.98. The average Bonchev–Trinajstić information content (AvgIpc) is 2.37. The Morgan fingerprint density at radius 1 is 1.16 bits per heavy atom. The minimum Gasteiger partial charge on any atom is -0.374 e. The highest BCUT2D eigenvalue weighted by Crippen LogP contribution is 2.30. The van der Waals surface area contributed by atoms with Gasteiger partial charge in [0.05, 0.1) is 0 Å². The van der Waals surface area contributed by atoms with Crippen molar-refractivity contribution in [2.75, 3.05) is 32.1 Å². The average molecular weight is 262 g/mol. The lowest BCUT2D eigenvalue weighted by molar-refractivity contribution is 0.262. The largest absolute Gasteiger partial charge is 0.374 e. The number of aryl methyl sites for hydroxylation is 2. The van der Waals surface area contributed by atoms with Gasteiger partial charge in [0.15, 0.2) is 0 Å². The Morgan fingerprint density at radius 2 is 1.79 bits per heavy atom. The van der Waals surface area contributed by atoms with Crippen molar-refractivity contribution in [2.45, 2.75) is 40.5 Å². The van der Waals surface area contributed by atoms with Crippen LogP contribution in [0.2, 0.25) is 0 Å². The molecule has 2 heteroatoms. The van der Waals surface area contributed by atoms with Gasteiger partial charge in [0.2, 0.25) is 0 Å². The van der Waals surface area contributed by atoms with E-state index in [4.69, 9.17) is 0 Å². The Labute approximate surface area is 119 Å². The fourth-order valence-corrected chi connectivity index (χ4v) is 2.98. The molecule has 1 N–H and O–H groups in total. The van der Waals surface area contributed by atoms with Crippen LogP contribution in [0.5, 0.6) is 0 Å². The summed E-state index contributed by atoms with van der Waals surface area (Å²) in [5.74, 6) is 0. The Bertz CT molecular complexity index is 394. The summed E-state index contributed by atoms with van der Waals surface area (Å²) in [6.45, 7) is 11.1. The van der Waals surface area contributed by atoms with Gasteiger partial charge in [-0.15, -0.1) is 0 Å². The third-order valence-electron chi connectivity index (χ3n) is 4.39. The first-order valence-electron chi connectivity index (χ1n) is 7.41. The van der Waals surface area contributed by atoms with Crippen molar-refractivity contribution in [1.82, 2.24) is 5.32 Å². The Hall–Kier alpha value is -1.02. The van der Waals surface area contributed by atoms with Crippen molar-refractivity contribution in [3.63, 3.8) is 0 Å². The third-order valence-corrected chi connectivity index (χ3v) is 4.39. The molecule has 0 aliphatic rings. The van der Waals surface area contributed by atoms with Crippen LogP contribution in [-0.4, -0.2) is 27.2 Å². The molecular weight excluding hydrogens is 232 g/mol. The van der Waals surface area contributed by atoms with Gasteiger partial charge in [-0.3, -0.25) is 0 Å². The highest BCUT2D eigenvalue weighted by Gasteiger charge is 2.27. The van der Waals surface area contributed by atoms with Gasteiger partial charge in [0.1, 0.15) is 0 Å². The minimum atomic E-state index is 0.362. The van der Waals surface area contributed by atoms with Gasteiger partial charge in [-0.1, -0.05) is 31.5 Å². The van der Waals surface area contributed by atoms with Gasteiger partial charge in [0.25, 0.3) is 0 Å². The molecule has 0 saturated carbocycles. The van der Waals surface area contributed by atoms with Crippen LogP contribution >= 0.6 is 0 Å². The summed E-state index contributed by atoms with van der Waals surface area (Å²) >= 11 is 0. The lowest BCUT2D eigenvalue weighted by atomic mass is 9.81. The molecule has 1 rings (SSSR count). The highest BCUT2D eigenvalue weighted by molar-refractivity contribution is 5.54. The van der Waals surface area contributed by atoms with E-state index in [1.807, 2.05) is 0 Å². The van der Waals surface area contributed by atoms with Crippen LogP contribution in [0.3, 0.4) is 0 Å². The van der Waals surface area contributed by atoms with Gasteiger partial charge in [-0.25, -0.2) is 0 Å². The number of hydrogen-bond acceptors (Lipinski definition) is 2. The predicted molar refractivity (Wildman–Crippen MR) is 86.1 cm³/mol. The van der Waals surface area contributed by atoms with E-state index in [1.165, 1.54) is 29.7 Å². The summed E-state index contributed by atoms with van der Waals surface area (Å²) in [4.78, 5) is 2.42. The molecule has 0 heterocycles. The second kappa shape index (κ2) is 6.95. The molecule has 0 spiro atoms. The predicted octanol–water partition coefficient (Wildman–Crippen LogP) is 3.77. The number of anilines is 1. The Balaban J connectivity index is 2.90. The van der Waals surface area contributed by atoms with Crippen LogP contribution < -0.4 is 10.2 Å². The summed E-state index contributed by atoms with van der Waals surface area (Å²) in [6.07, 6.45) is 2.42. The Kier molecular flexibility index (Phi) is 5.86. The molecule has 0 radical (unpaired) electrons. The van der Waals surface area contributed by atoms with Crippen molar-refractivity contribution < 1.29 is 0 Å². The van der Waals surface area contributed by atoms with Gasteiger partial charge in [0, 0.05) is 25.8 Å². The standard InChI is InChI=1S/C17H30N2/c1-7-17(8-2,12-18-5)13-19(6)16-10-9-14(3)11-15(16)4/h9-11,18H,7-8,12-13H2,1-6H3. The maximum Gasteiger partial charge on any atom is 0.0393 e. The molecular formula is C17H30N2. The smallest absolute Gasteiger partial charge is 0.0393 e. The fraction of sp³-hybridized carbons (Fsp3) is 0.647. The first kappa shape index (κ1) is 16.0. The summed E-state index contributed by atoms with van der Waals surface area (Å²) in [5, 5.41) is 3.36. The molecule has 1 aromatic carbocycles. The molecule has 0 unspecified atom stereocenters. The van der Waals surface area contributed by atoms with E-state index in [9.17, 15) is 0 Å². The molecule has 0 saturated heterocycles. The third kappa shape index (κ3) is 3.97. The lowest BCUT2D eigenvalue weighted by Crippen LogP contribution is -2.41. The number of nitrogens with one attached hydrogen (secondary N) is 1. The molecule has 2 nitrogen and oxygen atoms in total. The van der Waals surface area contributed by atoms with E-state index in [-0.39, 0.29) is 0 Å². The zero-order chi connectivity index (χ0) is 14.5. The molecule has 0 aromatic heterocycles. The molecule has 0 aliphatic heterocycles. The van der Waals surface area contributed by atoms with Crippen LogP contribution in [0.15, 0.2) is 18.2 Å². The normalized spacial score (nSPS) is 11.7. The monoisotopic (exact) mass is 262 g/mol. The summed E-state index contributed by atoms with van der Waals surface area (Å²) in [7, 11) is 4.27. The van der Waals surface area contributed by atoms with E-state index >= 15 is 0 Å². The molecule has 0 amide bonds. The van der Waals surface area contributed by atoms with Gasteiger partial charge in [-0.05, 0) is 50.8 Å². The lowest BCUT2D eigenvalue weighted by Gasteiger charge is -2.37. The van der Waals surface area contributed by atoms with Gasteiger partial charge >= 0.3 is 0 Å². The Morgan fingerprint density at radius 3 is 2.26 bits per heavy atom. The van der Waals surface area contributed by atoms with Crippen LogP contribution in [0, 0.1) is 19.3 Å². The van der Waals surface area contributed by atoms with E-state index in [0.29, 0.717) is 5.41 Å². The number of nitrogens with zero attached hydrogens (tertiary/aromatic N) is 1. The van der Waals surface area contributed by atoms with Gasteiger partial charge in [-0.2, -0.15) is 0 Å². The minimum absolute atomic E-state index is 0.362. The molecule has 19 heavy (non-hydrogen) atoms. The van der Waals surface area contributed by atoms with Gasteiger partial charge < -0.3 is 10.2 Å². The van der Waals surface area contributed by atoms with E-state index in [2.05, 4.69) is 70.2 Å². The van der Waals surface area contributed by atoms with Crippen molar-refractivity contribution in [2.24, 2.45) is 5.41 Å². The second-order valence-corrected chi connectivity index (χ2v) is 5.88. The van der Waals surface area contributed by atoms with E-state index in [1.54, 1.807) is 0 Å². The van der Waals surface area contributed by atoms with Crippen LogP contribution in [0.4, 0.5) is 5.69 Å². The second-order valence-electron chi connectivity index (χ2n) is 5.88. The first-order valence-corrected chi connectivity index (χ1v) is 7.41. The molecule has 0 fully saturated rings. The summed E-state index contributed by atoms with van der Waals surface area (Å²) in [5.41, 5.74) is 4.42. The molecule has 1 aromatic rings. The van der Waals surface area contributed by atoms with E-state index in [0.717, 1.165) is 13.1 Å². The summed E-state index contributed by atoms with van der Waals surface area (Å²) in [6, 6.07) is 6.72. The molecule has 0 atom stereocenters. The number of rotatable bonds is 7. The van der Waals surface area contributed by atoms with Crippen molar-refractivity contribution in [1.29, 1.82) is 0 Å². The van der Waals surface area contributed by atoms with Crippen LogP contribution in [0.1, 0.15) is 37.8 Å². The zero-order valence-electron chi connectivity index (χ0n) is 13.5. The summed E-state index contributed by atoms with van der Waals surface area (Å²) < 4.78 is 0. The first-order chi connectivity index (χ1) is 8.98. The highest BCUT2D eigenvalue weighted by atomic mass is 15.1. The maximum atomic E-state index is 3.36. The topological polar surface area (TPSA) is 15.3 Å². The number of benzene rings is 1. The van der Waals surface area contributed by atoms with Crippen molar-refractivity contribution >= 4 is 5.69 Å². The zero-order valence-corrected chi connectivity index (χ0v) is 13.5. The van der Waals surface area contributed by atoms with Crippen molar-refractivity contribution in [3.8, 4) is 0 Å². The molecule has 0 aliphatic carbocycles. The number of hydrogen-bond donors (Lipinski definition) is 1.